The van der Waals surface area contributed by atoms with E-state index in [9.17, 15) is 0 Å². The summed E-state index contributed by atoms with van der Waals surface area (Å²) in [5.74, 6) is 2.64. The topological polar surface area (TPSA) is 43.8 Å². The van der Waals surface area contributed by atoms with E-state index >= 15 is 0 Å². The predicted octanol–water partition coefficient (Wildman–Crippen LogP) is 3.87. The van der Waals surface area contributed by atoms with Gasteiger partial charge in [-0.3, -0.25) is 0 Å². The lowest BCUT2D eigenvalue weighted by Gasteiger charge is -2.20. The van der Waals surface area contributed by atoms with Crippen LogP contribution >= 0.6 is 0 Å². The molecule has 3 heteroatoms. The van der Waals surface area contributed by atoms with Crippen molar-refractivity contribution in [2.75, 3.05) is 5.73 Å². The molecule has 4 rings (SSSR count). The number of aromatic nitrogens is 2. The maximum atomic E-state index is 6.39. The summed E-state index contributed by atoms with van der Waals surface area (Å²) in [4.78, 5) is 4.86. The van der Waals surface area contributed by atoms with Crippen LogP contribution in [0, 0.1) is 5.92 Å². The Bertz CT molecular complexity index is 811. The quantitative estimate of drug-likeness (QED) is 0.734. The van der Waals surface area contributed by atoms with E-state index in [2.05, 4.69) is 54.0 Å². The molecule has 1 atom stereocenters. The van der Waals surface area contributed by atoms with E-state index in [1.807, 2.05) is 0 Å². The molecule has 1 unspecified atom stereocenters. The van der Waals surface area contributed by atoms with Gasteiger partial charge in [-0.05, 0) is 23.1 Å². The van der Waals surface area contributed by atoms with Crippen LogP contribution in [0.15, 0.2) is 42.5 Å². The van der Waals surface area contributed by atoms with Crippen LogP contribution in [-0.4, -0.2) is 9.55 Å². The van der Waals surface area contributed by atoms with Crippen molar-refractivity contribution >= 4 is 16.6 Å². The van der Waals surface area contributed by atoms with Gasteiger partial charge in [-0.2, -0.15) is 0 Å². The first kappa shape index (κ1) is 12.5. The average Bonchev–Trinajstić information content (AvgIpc) is 2.83. The maximum Gasteiger partial charge on any atom is 0.131 e. The highest BCUT2D eigenvalue weighted by molar-refractivity contribution is 5.97. The summed E-state index contributed by atoms with van der Waals surface area (Å²) in [5.41, 5.74) is 8.47. The van der Waals surface area contributed by atoms with Crippen LogP contribution < -0.4 is 5.73 Å². The monoisotopic (exact) mass is 277 g/mol. The van der Waals surface area contributed by atoms with Crippen molar-refractivity contribution in [3.05, 3.63) is 48.3 Å². The highest BCUT2D eigenvalue weighted by atomic mass is 15.1. The number of fused-ring (bicyclic) bond motifs is 2. The highest BCUT2D eigenvalue weighted by Gasteiger charge is 2.22. The molecule has 0 spiro atoms. The van der Waals surface area contributed by atoms with E-state index in [0.29, 0.717) is 5.92 Å². The van der Waals surface area contributed by atoms with Crippen molar-refractivity contribution < 1.29 is 0 Å². The molecule has 1 aliphatic rings. The molecule has 0 saturated heterocycles. The molecule has 0 saturated carbocycles. The Morgan fingerprint density at radius 2 is 1.95 bits per heavy atom. The molecule has 3 aromatic rings. The van der Waals surface area contributed by atoms with Crippen LogP contribution in [0.2, 0.25) is 0 Å². The van der Waals surface area contributed by atoms with E-state index in [4.69, 9.17) is 10.7 Å². The number of hydrogen-bond donors (Lipinski definition) is 1. The van der Waals surface area contributed by atoms with Crippen LogP contribution in [0.25, 0.3) is 22.0 Å². The summed E-state index contributed by atoms with van der Waals surface area (Å²) < 4.78 is 2.19. The molecular formula is C18H19N3. The number of nitrogen functional groups attached to an aromatic ring is 1. The van der Waals surface area contributed by atoms with Crippen molar-refractivity contribution in [2.45, 2.75) is 26.3 Å². The van der Waals surface area contributed by atoms with Gasteiger partial charge in [-0.1, -0.05) is 49.4 Å². The predicted molar refractivity (Wildman–Crippen MR) is 87.1 cm³/mol. The first-order valence-electron chi connectivity index (χ1n) is 7.57. The molecule has 1 aliphatic heterocycles. The molecular weight excluding hydrogens is 258 g/mol. The molecule has 2 heterocycles. The summed E-state index contributed by atoms with van der Waals surface area (Å²) in [6.45, 7) is 3.27. The molecule has 1 aromatic heterocycles. The van der Waals surface area contributed by atoms with Crippen molar-refractivity contribution in [2.24, 2.45) is 5.92 Å². The van der Waals surface area contributed by atoms with Crippen molar-refractivity contribution in [3.63, 3.8) is 0 Å². The fourth-order valence-corrected chi connectivity index (χ4v) is 3.31. The summed E-state index contributed by atoms with van der Waals surface area (Å²) in [6.07, 6.45) is 2.21. The second kappa shape index (κ2) is 4.62. The smallest absolute Gasteiger partial charge is 0.131 e. The highest BCUT2D eigenvalue weighted by Crippen LogP contribution is 2.34. The van der Waals surface area contributed by atoms with Gasteiger partial charge < -0.3 is 10.3 Å². The number of hydrogen-bond acceptors (Lipinski definition) is 2. The van der Waals surface area contributed by atoms with Crippen LogP contribution in [0.1, 0.15) is 19.2 Å². The minimum absolute atomic E-state index is 0.694. The summed E-state index contributed by atoms with van der Waals surface area (Å²) >= 11 is 0. The zero-order valence-corrected chi connectivity index (χ0v) is 12.2. The molecule has 0 radical (unpaired) electrons. The Labute approximate surface area is 124 Å². The largest absolute Gasteiger partial charge is 0.383 e. The Morgan fingerprint density at radius 3 is 2.86 bits per heavy atom. The van der Waals surface area contributed by atoms with Gasteiger partial charge in [-0.15, -0.1) is 0 Å². The molecule has 21 heavy (non-hydrogen) atoms. The summed E-state index contributed by atoms with van der Waals surface area (Å²) in [7, 11) is 0. The lowest BCUT2D eigenvalue weighted by molar-refractivity contribution is 0.412. The van der Waals surface area contributed by atoms with E-state index < -0.39 is 0 Å². The van der Waals surface area contributed by atoms with Gasteiger partial charge in [0.25, 0.3) is 0 Å². The number of nitrogens with zero attached hydrogens (tertiary/aromatic N) is 2. The molecule has 2 N–H and O–H groups in total. The van der Waals surface area contributed by atoms with Gasteiger partial charge in [0.15, 0.2) is 0 Å². The van der Waals surface area contributed by atoms with Gasteiger partial charge in [0, 0.05) is 18.5 Å². The number of nitrogens with two attached hydrogens (primary N) is 1. The average molecular weight is 277 g/mol. The SMILES string of the molecule is CC1CCn2c(nc(-c3cccc4ccccc34)c2N)C1. The van der Waals surface area contributed by atoms with Crippen LogP contribution in [0.4, 0.5) is 5.82 Å². The number of imidazole rings is 1. The van der Waals surface area contributed by atoms with Gasteiger partial charge in [0.1, 0.15) is 17.3 Å². The third-order valence-electron chi connectivity index (χ3n) is 4.51. The number of rotatable bonds is 1. The van der Waals surface area contributed by atoms with E-state index in [1.165, 1.54) is 17.2 Å². The minimum atomic E-state index is 0.694. The number of benzene rings is 2. The normalized spacial score (nSPS) is 17.9. The zero-order chi connectivity index (χ0) is 14.4. The molecule has 106 valence electrons. The Balaban J connectivity index is 1.94. The molecule has 2 aromatic carbocycles. The van der Waals surface area contributed by atoms with Gasteiger partial charge in [-0.25, -0.2) is 4.98 Å². The second-order valence-electron chi connectivity index (χ2n) is 6.04. The maximum absolute atomic E-state index is 6.39. The van der Waals surface area contributed by atoms with Gasteiger partial charge in [0.05, 0.1) is 0 Å². The molecule has 0 fully saturated rings. The third-order valence-corrected chi connectivity index (χ3v) is 4.51. The molecule has 0 amide bonds. The summed E-state index contributed by atoms with van der Waals surface area (Å²) in [6, 6.07) is 14.7. The Kier molecular flexibility index (Phi) is 2.74. The molecule has 3 nitrogen and oxygen atoms in total. The van der Waals surface area contributed by atoms with Crippen molar-refractivity contribution in [3.8, 4) is 11.3 Å². The Hall–Kier alpha value is -2.29. The summed E-state index contributed by atoms with van der Waals surface area (Å²) in [5, 5.41) is 2.45. The first-order chi connectivity index (χ1) is 10.2. The van der Waals surface area contributed by atoms with Gasteiger partial charge >= 0.3 is 0 Å². The first-order valence-corrected chi connectivity index (χ1v) is 7.57. The van der Waals surface area contributed by atoms with Gasteiger partial charge in [0.2, 0.25) is 0 Å². The van der Waals surface area contributed by atoms with Crippen LogP contribution in [0.5, 0.6) is 0 Å². The molecule has 0 aliphatic carbocycles. The zero-order valence-electron chi connectivity index (χ0n) is 12.2. The lowest BCUT2D eigenvalue weighted by Crippen LogP contribution is -2.18. The third kappa shape index (κ3) is 1.92. The molecule has 0 bridgehead atoms. The fraction of sp³-hybridized carbons (Fsp3) is 0.278. The lowest BCUT2D eigenvalue weighted by atomic mass is 10.0. The van der Waals surface area contributed by atoms with Crippen molar-refractivity contribution in [1.29, 1.82) is 0 Å². The van der Waals surface area contributed by atoms with E-state index in [-0.39, 0.29) is 0 Å². The minimum Gasteiger partial charge on any atom is -0.383 e. The van der Waals surface area contributed by atoms with Crippen LogP contribution in [0.3, 0.4) is 0 Å². The Morgan fingerprint density at radius 1 is 1.14 bits per heavy atom. The van der Waals surface area contributed by atoms with E-state index in [1.54, 1.807) is 0 Å². The number of anilines is 1. The van der Waals surface area contributed by atoms with Crippen molar-refractivity contribution in [1.82, 2.24) is 9.55 Å². The second-order valence-corrected chi connectivity index (χ2v) is 6.04. The fourth-order valence-electron chi connectivity index (χ4n) is 3.31. The van der Waals surface area contributed by atoms with E-state index in [0.717, 1.165) is 35.9 Å². The standard InChI is InChI=1S/C18H19N3/c1-12-9-10-21-16(11-12)20-17(18(21)19)15-8-4-6-13-5-2-3-7-14(13)15/h2-8,12H,9-11,19H2,1H3. The van der Waals surface area contributed by atoms with Crippen LogP contribution in [-0.2, 0) is 13.0 Å².